The van der Waals surface area contributed by atoms with Gasteiger partial charge < -0.3 is 5.73 Å². The average Bonchev–Trinajstić information content (AvgIpc) is 3.04. The second-order valence-electron chi connectivity index (χ2n) is 8.45. The fourth-order valence-corrected chi connectivity index (χ4v) is 4.96. The third kappa shape index (κ3) is 3.78. The Balaban J connectivity index is 1.87. The van der Waals surface area contributed by atoms with Crippen LogP contribution >= 0.6 is 0 Å². The summed E-state index contributed by atoms with van der Waals surface area (Å²) < 4.78 is 2.08. The van der Waals surface area contributed by atoms with Crippen molar-refractivity contribution in [2.45, 2.75) is 39.5 Å². The Morgan fingerprint density at radius 1 is 0.933 bits per heavy atom. The first-order chi connectivity index (χ1) is 14.5. The molecule has 154 valence electrons. The molecular formula is C27H31N3. The van der Waals surface area contributed by atoms with Crippen molar-refractivity contribution in [1.82, 2.24) is 9.78 Å². The van der Waals surface area contributed by atoms with Gasteiger partial charge in [-0.05, 0) is 62.4 Å². The molecule has 0 saturated carbocycles. The maximum Gasteiger partial charge on any atom is 0.100 e. The van der Waals surface area contributed by atoms with E-state index in [9.17, 15) is 0 Å². The van der Waals surface area contributed by atoms with Crippen molar-refractivity contribution in [2.75, 3.05) is 6.54 Å². The molecule has 0 amide bonds. The van der Waals surface area contributed by atoms with Crippen LogP contribution in [0.4, 0.5) is 0 Å². The summed E-state index contributed by atoms with van der Waals surface area (Å²) in [4.78, 5) is 0. The van der Waals surface area contributed by atoms with Gasteiger partial charge >= 0.3 is 0 Å². The van der Waals surface area contributed by atoms with Crippen molar-refractivity contribution < 1.29 is 0 Å². The van der Waals surface area contributed by atoms with Gasteiger partial charge in [0.1, 0.15) is 5.52 Å². The van der Waals surface area contributed by atoms with Crippen LogP contribution in [0.3, 0.4) is 0 Å². The second kappa shape index (κ2) is 8.45. The molecule has 1 heterocycles. The van der Waals surface area contributed by atoms with Crippen molar-refractivity contribution in [3.05, 3.63) is 88.6 Å². The number of hydrogen-bond donors (Lipinski definition) is 1. The molecule has 2 N–H and O–H groups in total. The average molecular weight is 398 g/mol. The van der Waals surface area contributed by atoms with Crippen LogP contribution < -0.4 is 5.73 Å². The number of fused-ring (bicyclic) bond motifs is 1. The molecule has 3 aromatic carbocycles. The highest BCUT2D eigenvalue weighted by Gasteiger charge is 2.22. The first kappa shape index (κ1) is 20.4. The molecule has 30 heavy (non-hydrogen) atoms. The highest BCUT2D eigenvalue weighted by atomic mass is 15.3. The first-order valence-corrected chi connectivity index (χ1v) is 10.8. The van der Waals surface area contributed by atoms with Crippen molar-refractivity contribution in [1.29, 1.82) is 0 Å². The maximum atomic E-state index is 6.03. The molecule has 1 aromatic heterocycles. The molecule has 1 unspecified atom stereocenters. The largest absolute Gasteiger partial charge is 0.330 e. The Kier molecular flexibility index (Phi) is 5.74. The van der Waals surface area contributed by atoms with Crippen molar-refractivity contribution >= 4 is 10.9 Å². The van der Waals surface area contributed by atoms with Gasteiger partial charge in [0.2, 0.25) is 0 Å². The minimum Gasteiger partial charge on any atom is -0.330 e. The van der Waals surface area contributed by atoms with E-state index in [0.29, 0.717) is 12.5 Å². The summed E-state index contributed by atoms with van der Waals surface area (Å²) in [5.74, 6) is 0.336. The van der Waals surface area contributed by atoms with Crippen LogP contribution in [0.1, 0.15) is 40.3 Å². The van der Waals surface area contributed by atoms with Crippen LogP contribution in [0.2, 0.25) is 0 Å². The maximum absolute atomic E-state index is 6.03. The van der Waals surface area contributed by atoms with Gasteiger partial charge in [-0.1, -0.05) is 66.2 Å². The van der Waals surface area contributed by atoms with Crippen LogP contribution in [0.25, 0.3) is 22.0 Å². The monoisotopic (exact) mass is 397 g/mol. The fourth-order valence-electron chi connectivity index (χ4n) is 4.96. The van der Waals surface area contributed by atoms with Crippen molar-refractivity contribution in [2.24, 2.45) is 12.8 Å². The van der Waals surface area contributed by atoms with Gasteiger partial charge in [0.15, 0.2) is 0 Å². The zero-order chi connectivity index (χ0) is 21.3. The molecule has 0 fully saturated rings. The molecule has 0 bridgehead atoms. The summed E-state index contributed by atoms with van der Waals surface area (Å²) in [6.45, 7) is 7.22. The smallest absolute Gasteiger partial charge is 0.100 e. The molecule has 4 aromatic rings. The Bertz CT molecular complexity index is 1150. The van der Waals surface area contributed by atoms with Crippen LogP contribution in [0.5, 0.6) is 0 Å². The number of aromatic nitrogens is 2. The van der Waals surface area contributed by atoms with Crippen LogP contribution in [-0.2, 0) is 13.5 Å². The van der Waals surface area contributed by atoms with E-state index in [4.69, 9.17) is 10.8 Å². The van der Waals surface area contributed by atoms with E-state index in [1.807, 2.05) is 0 Å². The standard InChI is InChI=1S/C27H31N3/c1-18-15-19(2)25(20(3)16-18)23-11-8-12-24-26(23)29-30(4)27(24)22(13-14-28)17-21-9-6-5-7-10-21/h5-12,15-16,22H,13-14,17,28H2,1-4H3. The lowest BCUT2D eigenvalue weighted by Crippen LogP contribution is -2.13. The Labute approximate surface area is 179 Å². The number of nitrogens with zero attached hydrogens (tertiary/aromatic N) is 2. The predicted octanol–water partition coefficient (Wildman–Crippen LogP) is 5.84. The minimum absolute atomic E-state index is 0.336. The zero-order valence-corrected chi connectivity index (χ0v) is 18.4. The highest BCUT2D eigenvalue weighted by Crippen LogP contribution is 2.37. The van der Waals surface area contributed by atoms with Gasteiger partial charge in [0.05, 0.1) is 0 Å². The Morgan fingerprint density at radius 3 is 2.30 bits per heavy atom. The summed E-state index contributed by atoms with van der Waals surface area (Å²) in [5.41, 5.74) is 16.2. The Hall–Kier alpha value is -2.91. The van der Waals surface area contributed by atoms with E-state index in [1.54, 1.807) is 0 Å². The number of nitrogens with two attached hydrogens (primary N) is 1. The van der Waals surface area contributed by atoms with E-state index in [-0.39, 0.29) is 0 Å². The molecule has 0 saturated heterocycles. The Morgan fingerprint density at radius 2 is 1.63 bits per heavy atom. The summed E-state index contributed by atoms with van der Waals surface area (Å²) in [6, 6.07) is 21.8. The number of hydrogen-bond acceptors (Lipinski definition) is 2. The van der Waals surface area contributed by atoms with Crippen molar-refractivity contribution in [3.8, 4) is 11.1 Å². The number of aryl methyl sites for hydroxylation is 4. The van der Waals surface area contributed by atoms with E-state index in [2.05, 4.69) is 93.2 Å². The third-order valence-electron chi connectivity index (χ3n) is 6.08. The summed E-state index contributed by atoms with van der Waals surface area (Å²) in [6.07, 6.45) is 1.91. The molecule has 3 nitrogen and oxygen atoms in total. The first-order valence-electron chi connectivity index (χ1n) is 10.8. The quantitative estimate of drug-likeness (QED) is 0.444. The van der Waals surface area contributed by atoms with E-state index >= 15 is 0 Å². The summed E-state index contributed by atoms with van der Waals surface area (Å²) in [7, 11) is 2.07. The fraction of sp³-hybridized carbons (Fsp3) is 0.296. The molecule has 0 aliphatic carbocycles. The predicted molar refractivity (Wildman–Crippen MR) is 127 cm³/mol. The van der Waals surface area contributed by atoms with Gasteiger partial charge in [-0.3, -0.25) is 4.68 Å². The minimum atomic E-state index is 0.336. The highest BCUT2D eigenvalue weighted by molar-refractivity contribution is 5.97. The van der Waals surface area contributed by atoms with Gasteiger partial charge in [0, 0.05) is 29.6 Å². The van der Waals surface area contributed by atoms with Crippen LogP contribution in [0.15, 0.2) is 60.7 Å². The SMILES string of the molecule is Cc1cc(C)c(-c2cccc3c(C(CCN)Cc4ccccc4)n(C)nc23)c(C)c1. The lowest BCUT2D eigenvalue weighted by molar-refractivity contribution is 0.572. The van der Waals surface area contributed by atoms with Crippen LogP contribution in [-0.4, -0.2) is 16.3 Å². The molecule has 0 aliphatic heterocycles. The van der Waals surface area contributed by atoms with E-state index < -0.39 is 0 Å². The van der Waals surface area contributed by atoms with Crippen molar-refractivity contribution in [3.63, 3.8) is 0 Å². The summed E-state index contributed by atoms with van der Waals surface area (Å²) in [5, 5.41) is 6.25. The second-order valence-corrected chi connectivity index (χ2v) is 8.45. The van der Waals surface area contributed by atoms with E-state index in [0.717, 1.165) is 18.4 Å². The molecule has 1 atom stereocenters. The van der Waals surface area contributed by atoms with Crippen LogP contribution in [0, 0.1) is 20.8 Å². The van der Waals surface area contributed by atoms with Gasteiger partial charge in [0.25, 0.3) is 0 Å². The van der Waals surface area contributed by atoms with Gasteiger partial charge in [-0.2, -0.15) is 5.10 Å². The van der Waals surface area contributed by atoms with Gasteiger partial charge in [-0.15, -0.1) is 0 Å². The number of rotatable bonds is 6. The third-order valence-corrected chi connectivity index (χ3v) is 6.08. The zero-order valence-electron chi connectivity index (χ0n) is 18.4. The lowest BCUT2D eigenvalue weighted by atomic mass is 9.89. The topological polar surface area (TPSA) is 43.8 Å². The molecule has 0 aliphatic rings. The van der Waals surface area contributed by atoms with Gasteiger partial charge in [-0.25, -0.2) is 0 Å². The number of benzene rings is 3. The van der Waals surface area contributed by atoms with E-state index in [1.165, 1.54) is 44.5 Å². The normalized spacial score (nSPS) is 12.4. The molecule has 4 rings (SSSR count). The molecule has 0 radical (unpaired) electrons. The molecular weight excluding hydrogens is 366 g/mol. The lowest BCUT2D eigenvalue weighted by Gasteiger charge is -2.17. The molecule has 0 spiro atoms. The molecule has 3 heteroatoms. The summed E-state index contributed by atoms with van der Waals surface area (Å²) >= 11 is 0.